The van der Waals surface area contributed by atoms with Crippen molar-refractivity contribution in [2.24, 2.45) is 0 Å². The monoisotopic (exact) mass is 310 g/mol. The number of hydrogen-bond donors (Lipinski definition) is 3. The molecule has 3 nitrogen and oxygen atoms in total. The van der Waals surface area contributed by atoms with Crippen molar-refractivity contribution in [1.82, 2.24) is 0 Å². The van der Waals surface area contributed by atoms with Crippen molar-refractivity contribution in [3.05, 3.63) is 83.1 Å². The van der Waals surface area contributed by atoms with Crippen LogP contribution in [0.25, 0.3) is 0 Å². The summed E-state index contributed by atoms with van der Waals surface area (Å²) in [6.07, 6.45) is 4.43. The van der Waals surface area contributed by atoms with E-state index in [1.165, 1.54) is 0 Å². The van der Waals surface area contributed by atoms with E-state index in [1.807, 2.05) is 30.3 Å². The molecule has 120 valence electrons. The maximum absolute atomic E-state index is 9.53. The second-order valence-electron chi connectivity index (χ2n) is 5.52. The Morgan fingerprint density at radius 2 is 1.30 bits per heavy atom. The molecular weight excluding hydrogens is 288 g/mol. The molecule has 0 spiro atoms. The van der Waals surface area contributed by atoms with E-state index in [4.69, 9.17) is 0 Å². The standard InChI is InChI=1S/C20H22O3/c1-3-15(5-4-14(2)21)20(16-6-10-18(22)11-7-16)17-8-12-19(23)13-9-17/h4-13,20-23H,3H2,1-2H3/b14-4+,15-5+. The Balaban J connectivity index is 2.54. The summed E-state index contributed by atoms with van der Waals surface area (Å²) in [5.74, 6) is 0.709. The first-order chi connectivity index (χ1) is 11.0. The molecule has 0 heterocycles. The van der Waals surface area contributed by atoms with Crippen LogP contribution in [0.1, 0.15) is 37.3 Å². The number of aromatic hydroxyl groups is 2. The largest absolute Gasteiger partial charge is 0.513 e. The van der Waals surface area contributed by atoms with Gasteiger partial charge < -0.3 is 15.3 Å². The molecule has 0 saturated carbocycles. The Kier molecular flexibility index (Phi) is 5.47. The van der Waals surface area contributed by atoms with Crippen LogP contribution in [0.4, 0.5) is 0 Å². The van der Waals surface area contributed by atoms with E-state index in [2.05, 4.69) is 6.92 Å². The van der Waals surface area contributed by atoms with Crippen LogP contribution in [0, 0.1) is 0 Å². The molecular formula is C20H22O3. The molecule has 0 aromatic heterocycles. The van der Waals surface area contributed by atoms with E-state index in [0.717, 1.165) is 23.1 Å². The maximum atomic E-state index is 9.53. The zero-order chi connectivity index (χ0) is 16.8. The lowest BCUT2D eigenvalue weighted by Gasteiger charge is -2.21. The van der Waals surface area contributed by atoms with E-state index >= 15 is 0 Å². The average molecular weight is 310 g/mol. The molecule has 0 radical (unpaired) electrons. The SMILES string of the molecule is CC/C(=C\C=C(/C)O)C(c1ccc(O)cc1)c1ccc(O)cc1. The van der Waals surface area contributed by atoms with Crippen LogP contribution >= 0.6 is 0 Å². The third kappa shape index (κ3) is 4.39. The number of phenols is 2. The molecule has 0 unspecified atom stereocenters. The minimum Gasteiger partial charge on any atom is -0.513 e. The number of hydrogen-bond acceptors (Lipinski definition) is 3. The maximum Gasteiger partial charge on any atom is 0.115 e. The summed E-state index contributed by atoms with van der Waals surface area (Å²) < 4.78 is 0. The lowest BCUT2D eigenvalue weighted by molar-refractivity contribution is 0.414. The van der Waals surface area contributed by atoms with Crippen molar-refractivity contribution in [2.45, 2.75) is 26.2 Å². The fraction of sp³-hybridized carbons (Fsp3) is 0.200. The van der Waals surface area contributed by atoms with Gasteiger partial charge in [0, 0.05) is 5.92 Å². The molecule has 0 amide bonds. The summed E-state index contributed by atoms with van der Waals surface area (Å²) in [6.45, 7) is 3.71. The summed E-state index contributed by atoms with van der Waals surface area (Å²) in [6, 6.07) is 14.3. The van der Waals surface area contributed by atoms with E-state index in [1.54, 1.807) is 37.3 Å². The molecule has 0 saturated heterocycles. The first-order valence-electron chi connectivity index (χ1n) is 7.65. The van der Waals surface area contributed by atoms with Crippen LogP contribution in [-0.4, -0.2) is 15.3 Å². The van der Waals surface area contributed by atoms with Gasteiger partial charge >= 0.3 is 0 Å². The fourth-order valence-electron chi connectivity index (χ4n) is 2.60. The number of allylic oxidation sites excluding steroid dienone is 4. The summed E-state index contributed by atoms with van der Waals surface area (Å²) in [4.78, 5) is 0. The van der Waals surface area contributed by atoms with Crippen molar-refractivity contribution in [3.8, 4) is 11.5 Å². The molecule has 2 aromatic carbocycles. The van der Waals surface area contributed by atoms with Gasteiger partial charge in [0.1, 0.15) is 11.5 Å². The minimum atomic E-state index is -0.00296. The molecule has 0 aliphatic heterocycles. The highest BCUT2D eigenvalue weighted by atomic mass is 16.3. The molecule has 2 rings (SSSR count). The Labute approximate surface area is 136 Å². The van der Waals surface area contributed by atoms with Gasteiger partial charge in [-0.3, -0.25) is 0 Å². The smallest absolute Gasteiger partial charge is 0.115 e. The molecule has 3 heteroatoms. The van der Waals surface area contributed by atoms with Crippen molar-refractivity contribution < 1.29 is 15.3 Å². The van der Waals surface area contributed by atoms with Crippen molar-refractivity contribution in [1.29, 1.82) is 0 Å². The summed E-state index contributed by atoms with van der Waals surface area (Å²) >= 11 is 0. The van der Waals surface area contributed by atoms with Crippen LogP contribution in [0.5, 0.6) is 11.5 Å². The van der Waals surface area contributed by atoms with Crippen LogP contribution in [0.3, 0.4) is 0 Å². The summed E-state index contributed by atoms with van der Waals surface area (Å²) in [7, 11) is 0. The third-order valence-corrected chi connectivity index (χ3v) is 3.77. The highest BCUT2D eigenvalue weighted by molar-refractivity contribution is 5.44. The molecule has 0 aliphatic rings. The quantitative estimate of drug-likeness (QED) is 0.536. The highest BCUT2D eigenvalue weighted by Crippen LogP contribution is 2.35. The van der Waals surface area contributed by atoms with E-state index in [9.17, 15) is 15.3 Å². The topological polar surface area (TPSA) is 60.7 Å². The molecule has 0 bridgehead atoms. The van der Waals surface area contributed by atoms with E-state index in [0.29, 0.717) is 0 Å². The Morgan fingerprint density at radius 3 is 1.65 bits per heavy atom. The van der Waals surface area contributed by atoms with E-state index in [-0.39, 0.29) is 23.2 Å². The van der Waals surface area contributed by atoms with Crippen molar-refractivity contribution in [2.75, 3.05) is 0 Å². The predicted octanol–water partition coefficient (Wildman–Crippen LogP) is 5.03. The zero-order valence-corrected chi connectivity index (χ0v) is 13.4. The predicted molar refractivity (Wildman–Crippen MR) is 92.8 cm³/mol. The third-order valence-electron chi connectivity index (χ3n) is 3.77. The van der Waals surface area contributed by atoms with Gasteiger partial charge in [-0.05, 0) is 54.8 Å². The zero-order valence-electron chi connectivity index (χ0n) is 13.4. The first-order valence-corrected chi connectivity index (χ1v) is 7.65. The average Bonchev–Trinajstić information content (AvgIpc) is 2.54. The number of aliphatic hydroxyl groups is 1. The number of rotatable bonds is 5. The van der Waals surface area contributed by atoms with Gasteiger partial charge in [0.25, 0.3) is 0 Å². The van der Waals surface area contributed by atoms with Gasteiger partial charge in [-0.25, -0.2) is 0 Å². The van der Waals surface area contributed by atoms with E-state index < -0.39 is 0 Å². The lowest BCUT2D eigenvalue weighted by Crippen LogP contribution is -2.04. The van der Waals surface area contributed by atoms with Crippen molar-refractivity contribution in [3.63, 3.8) is 0 Å². The molecule has 0 fully saturated rings. The Hall–Kier alpha value is -2.68. The van der Waals surface area contributed by atoms with Crippen LogP contribution in [-0.2, 0) is 0 Å². The van der Waals surface area contributed by atoms with Gasteiger partial charge in [-0.1, -0.05) is 42.8 Å². The van der Waals surface area contributed by atoms with Gasteiger partial charge in [0.05, 0.1) is 5.76 Å². The van der Waals surface area contributed by atoms with Crippen molar-refractivity contribution >= 4 is 0 Å². The summed E-state index contributed by atoms with van der Waals surface area (Å²) in [5.41, 5.74) is 3.23. The van der Waals surface area contributed by atoms with Gasteiger partial charge in [0.15, 0.2) is 0 Å². The second kappa shape index (κ2) is 7.54. The fourth-order valence-corrected chi connectivity index (χ4v) is 2.60. The van der Waals surface area contributed by atoms with Crippen LogP contribution in [0.15, 0.2) is 72.0 Å². The summed E-state index contributed by atoms with van der Waals surface area (Å²) in [5, 5.41) is 28.5. The molecule has 23 heavy (non-hydrogen) atoms. The highest BCUT2D eigenvalue weighted by Gasteiger charge is 2.18. The molecule has 3 N–H and O–H groups in total. The first kappa shape index (κ1) is 16.7. The minimum absolute atomic E-state index is 0.00296. The number of benzene rings is 2. The molecule has 0 aliphatic carbocycles. The second-order valence-corrected chi connectivity index (χ2v) is 5.52. The normalized spacial score (nSPS) is 12.7. The van der Waals surface area contributed by atoms with Crippen LogP contribution < -0.4 is 0 Å². The van der Waals surface area contributed by atoms with Gasteiger partial charge in [-0.15, -0.1) is 0 Å². The van der Waals surface area contributed by atoms with Gasteiger partial charge in [0.2, 0.25) is 0 Å². The lowest BCUT2D eigenvalue weighted by atomic mass is 9.83. The number of aliphatic hydroxyl groups excluding tert-OH is 1. The molecule has 2 aromatic rings. The van der Waals surface area contributed by atoms with Crippen LogP contribution in [0.2, 0.25) is 0 Å². The Morgan fingerprint density at radius 1 is 0.870 bits per heavy atom. The molecule has 0 atom stereocenters. The Bertz CT molecular complexity index is 645. The van der Waals surface area contributed by atoms with Gasteiger partial charge in [-0.2, -0.15) is 0 Å². The number of phenolic OH excluding ortho intramolecular Hbond substituents is 2.